The molecule has 0 aliphatic heterocycles. The van der Waals surface area contributed by atoms with Crippen molar-refractivity contribution in [2.75, 3.05) is 19.5 Å². The molecule has 9 heteroatoms. The lowest BCUT2D eigenvalue weighted by atomic mass is 10.1. The van der Waals surface area contributed by atoms with E-state index in [0.717, 1.165) is 11.8 Å². The van der Waals surface area contributed by atoms with E-state index in [1.165, 1.54) is 6.07 Å². The van der Waals surface area contributed by atoms with Gasteiger partial charge in [0.1, 0.15) is 24.7 Å². The number of pyridine rings is 1. The first-order valence-electron chi connectivity index (χ1n) is 8.91. The first-order valence-corrected chi connectivity index (χ1v) is 11.9. The predicted molar refractivity (Wildman–Crippen MR) is 121 cm³/mol. The van der Waals surface area contributed by atoms with Crippen molar-refractivity contribution in [3.05, 3.63) is 81.3 Å². The van der Waals surface area contributed by atoms with Crippen LogP contribution in [0.3, 0.4) is 0 Å². The molecule has 0 fully saturated rings. The Hall–Kier alpha value is -2.44. The van der Waals surface area contributed by atoms with Crippen LogP contribution in [0.15, 0.2) is 59.2 Å². The van der Waals surface area contributed by atoms with Gasteiger partial charge in [-0.2, -0.15) is 8.42 Å². The Morgan fingerprint density at radius 1 is 1.06 bits per heavy atom. The van der Waals surface area contributed by atoms with Crippen molar-refractivity contribution in [2.45, 2.75) is 0 Å². The Morgan fingerprint density at radius 3 is 2.45 bits per heavy atom. The maximum atomic E-state index is 14.4. The molecule has 1 heterocycles. The van der Waals surface area contributed by atoms with Crippen LogP contribution in [0.25, 0.3) is 11.1 Å². The van der Waals surface area contributed by atoms with E-state index in [1.54, 1.807) is 48.7 Å². The predicted octanol–water partition coefficient (Wildman–Crippen LogP) is 5.06. The third-order valence-electron chi connectivity index (χ3n) is 3.91. The van der Waals surface area contributed by atoms with E-state index < -0.39 is 15.9 Å². The maximum Gasteiger partial charge on any atom is 0.264 e. The van der Waals surface area contributed by atoms with E-state index in [0.29, 0.717) is 26.4 Å². The van der Waals surface area contributed by atoms with Gasteiger partial charge in [0, 0.05) is 22.3 Å². The maximum absolute atomic E-state index is 14.4. The summed E-state index contributed by atoms with van der Waals surface area (Å²) in [6, 6.07) is 13.5. The Labute approximate surface area is 193 Å². The highest BCUT2D eigenvalue weighted by Crippen LogP contribution is 2.26. The van der Waals surface area contributed by atoms with Crippen LogP contribution < -0.4 is 4.74 Å². The number of benzene rings is 2. The van der Waals surface area contributed by atoms with E-state index >= 15 is 0 Å². The lowest BCUT2D eigenvalue weighted by Crippen LogP contribution is -2.11. The van der Waals surface area contributed by atoms with Gasteiger partial charge in [0.05, 0.1) is 10.7 Å². The second kappa shape index (κ2) is 10.2. The molecule has 3 aromatic rings. The molecule has 0 saturated heterocycles. The van der Waals surface area contributed by atoms with Crippen LogP contribution >= 0.6 is 27.5 Å². The minimum Gasteiger partial charge on any atom is -0.490 e. The van der Waals surface area contributed by atoms with E-state index in [1.807, 2.05) is 0 Å². The molecule has 0 atom stereocenters. The molecule has 0 amide bonds. The van der Waals surface area contributed by atoms with Gasteiger partial charge in [-0.05, 0) is 63.8 Å². The minimum atomic E-state index is -3.50. The summed E-state index contributed by atoms with van der Waals surface area (Å²) in [6.07, 6.45) is 2.53. The van der Waals surface area contributed by atoms with Gasteiger partial charge in [-0.15, -0.1) is 0 Å². The molecule has 0 aliphatic rings. The molecule has 3 rings (SSSR count). The molecular weight excluding hydrogens is 509 g/mol. The minimum absolute atomic E-state index is 0.0343. The second-order valence-electron chi connectivity index (χ2n) is 6.33. The number of aromatic nitrogens is 1. The number of nitrogens with zero attached hydrogens (tertiary/aromatic N) is 1. The van der Waals surface area contributed by atoms with Crippen molar-refractivity contribution < 1.29 is 21.7 Å². The highest BCUT2D eigenvalue weighted by molar-refractivity contribution is 9.10. The fourth-order valence-electron chi connectivity index (χ4n) is 2.49. The highest BCUT2D eigenvalue weighted by Gasteiger charge is 2.07. The van der Waals surface area contributed by atoms with Crippen molar-refractivity contribution in [2.24, 2.45) is 0 Å². The number of halogens is 3. The molecule has 2 aromatic carbocycles. The summed E-state index contributed by atoms with van der Waals surface area (Å²) in [4.78, 5) is 4.12. The fraction of sp³-hybridized carbons (Fsp3) is 0.136. The first-order chi connectivity index (χ1) is 14.7. The van der Waals surface area contributed by atoms with Gasteiger partial charge in [-0.3, -0.25) is 4.18 Å². The van der Waals surface area contributed by atoms with Gasteiger partial charge >= 0.3 is 0 Å². The molecule has 1 aromatic heterocycles. The Bertz CT molecular complexity index is 1250. The van der Waals surface area contributed by atoms with Gasteiger partial charge in [0.2, 0.25) is 0 Å². The van der Waals surface area contributed by atoms with Gasteiger partial charge in [0.15, 0.2) is 5.82 Å². The molecule has 5 nitrogen and oxygen atoms in total. The molecule has 0 saturated carbocycles. The molecule has 0 spiro atoms. The van der Waals surface area contributed by atoms with Crippen LogP contribution in [0.2, 0.25) is 5.02 Å². The van der Waals surface area contributed by atoms with Crippen LogP contribution in [0.4, 0.5) is 4.39 Å². The van der Waals surface area contributed by atoms with Crippen LogP contribution in [0, 0.1) is 17.7 Å². The smallest absolute Gasteiger partial charge is 0.264 e. The Morgan fingerprint density at radius 2 is 1.81 bits per heavy atom. The SMILES string of the molecule is CS(=O)(=O)OCCOc1ccc(C#Cc2ncc(-c3ccc(Cl)cc3)cc2F)cc1Br. The Balaban J connectivity index is 1.68. The van der Waals surface area contributed by atoms with Gasteiger partial charge in [0.25, 0.3) is 10.1 Å². The summed E-state index contributed by atoms with van der Waals surface area (Å²) in [5.41, 5.74) is 2.09. The van der Waals surface area contributed by atoms with Gasteiger partial charge in [-0.1, -0.05) is 29.7 Å². The fourth-order valence-corrected chi connectivity index (χ4v) is 3.48. The average Bonchev–Trinajstić information content (AvgIpc) is 2.71. The first kappa shape index (κ1) is 23.2. The normalized spacial score (nSPS) is 11.0. The Kier molecular flexibility index (Phi) is 7.68. The third-order valence-corrected chi connectivity index (χ3v) is 5.38. The van der Waals surface area contributed by atoms with Crippen molar-refractivity contribution in [3.8, 4) is 28.7 Å². The van der Waals surface area contributed by atoms with Gasteiger partial charge < -0.3 is 4.74 Å². The number of rotatable bonds is 6. The highest BCUT2D eigenvalue weighted by atomic mass is 79.9. The molecule has 0 radical (unpaired) electrons. The van der Waals surface area contributed by atoms with E-state index in [4.69, 9.17) is 16.3 Å². The van der Waals surface area contributed by atoms with Crippen molar-refractivity contribution >= 4 is 37.6 Å². The van der Waals surface area contributed by atoms with Crippen LogP contribution in [-0.2, 0) is 14.3 Å². The van der Waals surface area contributed by atoms with Crippen LogP contribution in [0.5, 0.6) is 5.75 Å². The second-order valence-corrected chi connectivity index (χ2v) is 9.27. The standard InChI is InChI=1S/C22H16BrClFNO4S/c1-31(27,28)30-11-10-29-22-9-3-15(12-19(22)23)2-8-21-20(25)13-17(14-26-21)16-4-6-18(24)7-5-16/h3-7,9,12-14H,10-11H2,1H3. The lowest BCUT2D eigenvalue weighted by molar-refractivity contribution is 0.221. The zero-order chi connectivity index (χ0) is 22.4. The monoisotopic (exact) mass is 523 g/mol. The van der Waals surface area contributed by atoms with Crippen molar-refractivity contribution in [1.29, 1.82) is 0 Å². The number of hydrogen-bond acceptors (Lipinski definition) is 5. The largest absolute Gasteiger partial charge is 0.490 e. The van der Waals surface area contributed by atoms with E-state index in [9.17, 15) is 12.8 Å². The summed E-state index contributed by atoms with van der Waals surface area (Å²) < 4.78 is 47.0. The molecular formula is C22H16BrClFNO4S. The zero-order valence-electron chi connectivity index (χ0n) is 16.2. The molecule has 0 unspecified atom stereocenters. The number of hydrogen-bond donors (Lipinski definition) is 0. The molecule has 160 valence electrons. The quantitative estimate of drug-likeness (QED) is 0.256. The zero-order valence-corrected chi connectivity index (χ0v) is 19.4. The summed E-state index contributed by atoms with van der Waals surface area (Å²) in [5, 5.41) is 0.601. The van der Waals surface area contributed by atoms with Crippen molar-refractivity contribution in [3.63, 3.8) is 0 Å². The van der Waals surface area contributed by atoms with Gasteiger partial charge in [-0.25, -0.2) is 9.37 Å². The topological polar surface area (TPSA) is 65.5 Å². The van der Waals surface area contributed by atoms with Crippen LogP contribution in [0.1, 0.15) is 11.3 Å². The van der Waals surface area contributed by atoms with E-state index in [2.05, 4.69) is 36.9 Å². The average molecular weight is 525 g/mol. The molecule has 0 N–H and O–H groups in total. The molecule has 31 heavy (non-hydrogen) atoms. The van der Waals surface area contributed by atoms with Crippen molar-refractivity contribution in [1.82, 2.24) is 4.98 Å². The third kappa shape index (κ3) is 7.04. The van der Waals surface area contributed by atoms with E-state index in [-0.39, 0.29) is 18.9 Å². The lowest BCUT2D eigenvalue weighted by Gasteiger charge is -2.08. The molecule has 0 aliphatic carbocycles. The summed E-state index contributed by atoms with van der Waals surface area (Å²) in [6.45, 7) is -0.0322. The molecule has 0 bridgehead atoms. The summed E-state index contributed by atoms with van der Waals surface area (Å²) in [5.74, 6) is 5.57. The summed E-state index contributed by atoms with van der Waals surface area (Å²) >= 11 is 9.25. The number of ether oxygens (including phenoxy) is 1. The van der Waals surface area contributed by atoms with Crippen LogP contribution in [-0.4, -0.2) is 32.9 Å². The summed E-state index contributed by atoms with van der Waals surface area (Å²) in [7, 11) is -3.50.